The zero-order chi connectivity index (χ0) is 10.8. The van der Waals surface area contributed by atoms with Crippen molar-refractivity contribution in [3.8, 4) is 11.5 Å². The van der Waals surface area contributed by atoms with Gasteiger partial charge in [0.2, 0.25) is 0 Å². The van der Waals surface area contributed by atoms with Gasteiger partial charge in [-0.3, -0.25) is 0 Å². The van der Waals surface area contributed by atoms with Gasteiger partial charge in [0.1, 0.15) is 0 Å². The van der Waals surface area contributed by atoms with Crippen molar-refractivity contribution in [3.63, 3.8) is 0 Å². The van der Waals surface area contributed by atoms with Crippen molar-refractivity contribution in [1.29, 1.82) is 0 Å². The summed E-state index contributed by atoms with van der Waals surface area (Å²) in [4.78, 5) is 1.34. The molecule has 3 heteroatoms. The molecule has 0 amide bonds. The second kappa shape index (κ2) is 4.35. The van der Waals surface area contributed by atoms with Crippen molar-refractivity contribution >= 4 is 11.8 Å². The highest BCUT2D eigenvalue weighted by molar-refractivity contribution is 8.00. The summed E-state index contributed by atoms with van der Waals surface area (Å²) in [5.74, 6) is 1.67. The second-order valence-corrected chi connectivity index (χ2v) is 5.26. The molecule has 2 rings (SSSR count). The maximum absolute atomic E-state index is 5.30. The van der Waals surface area contributed by atoms with E-state index in [2.05, 4.69) is 19.1 Å². The number of thioether (sulfide) groups is 1. The van der Waals surface area contributed by atoms with Crippen LogP contribution in [0.2, 0.25) is 0 Å². The first kappa shape index (κ1) is 10.7. The largest absolute Gasteiger partial charge is 0.493 e. The molecule has 0 spiro atoms. The third kappa shape index (κ3) is 2.07. The number of hydrogen-bond donors (Lipinski definition) is 0. The molecular weight excluding hydrogens is 208 g/mol. The molecule has 0 saturated carbocycles. The van der Waals surface area contributed by atoms with Gasteiger partial charge in [-0.25, -0.2) is 0 Å². The lowest BCUT2D eigenvalue weighted by atomic mass is 10.1. The lowest BCUT2D eigenvalue weighted by Gasteiger charge is -2.22. The van der Waals surface area contributed by atoms with Crippen molar-refractivity contribution in [2.75, 3.05) is 14.2 Å². The molecule has 1 aliphatic heterocycles. The summed E-state index contributed by atoms with van der Waals surface area (Å²) in [6.45, 7) is 2.27. The summed E-state index contributed by atoms with van der Waals surface area (Å²) < 4.78 is 10.6. The van der Waals surface area contributed by atoms with Crippen LogP contribution in [0, 0.1) is 0 Å². The maximum Gasteiger partial charge on any atom is 0.161 e. The number of rotatable bonds is 2. The highest BCUT2D eigenvalue weighted by Gasteiger charge is 2.18. The van der Waals surface area contributed by atoms with Gasteiger partial charge in [-0.1, -0.05) is 6.92 Å². The van der Waals surface area contributed by atoms with Crippen LogP contribution in [0.15, 0.2) is 17.0 Å². The average molecular weight is 224 g/mol. The Morgan fingerprint density at radius 3 is 2.53 bits per heavy atom. The Labute approximate surface area is 95.0 Å². The van der Waals surface area contributed by atoms with Crippen LogP contribution in [-0.4, -0.2) is 19.5 Å². The van der Waals surface area contributed by atoms with Gasteiger partial charge in [-0.2, -0.15) is 0 Å². The zero-order valence-corrected chi connectivity index (χ0v) is 10.2. The number of ether oxygens (including phenoxy) is 2. The molecule has 1 atom stereocenters. The lowest BCUT2D eigenvalue weighted by molar-refractivity contribution is 0.353. The Hall–Kier alpha value is -0.830. The van der Waals surface area contributed by atoms with E-state index in [1.165, 1.54) is 16.9 Å². The van der Waals surface area contributed by atoms with Gasteiger partial charge >= 0.3 is 0 Å². The number of methoxy groups -OCH3 is 2. The number of hydrogen-bond acceptors (Lipinski definition) is 3. The summed E-state index contributed by atoms with van der Waals surface area (Å²) >= 11 is 1.93. The molecule has 15 heavy (non-hydrogen) atoms. The predicted molar refractivity (Wildman–Crippen MR) is 63.2 cm³/mol. The van der Waals surface area contributed by atoms with Crippen LogP contribution in [0.25, 0.3) is 0 Å². The molecule has 0 aliphatic carbocycles. The molecule has 0 N–H and O–H groups in total. The standard InChI is InChI=1S/C12H16O2S/c1-8-4-5-9-6-10(13-2)11(14-3)7-12(9)15-8/h6-8H,4-5H2,1-3H3. The van der Waals surface area contributed by atoms with Crippen LogP contribution in [0.5, 0.6) is 11.5 Å². The SMILES string of the molecule is COc1cc2c(cc1OC)SC(C)CC2. The van der Waals surface area contributed by atoms with E-state index in [4.69, 9.17) is 9.47 Å². The Morgan fingerprint density at radius 2 is 1.87 bits per heavy atom. The normalized spacial score (nSPS) is 19.5. The smallest absolute Gasteiger partial charge is 0.161 e. The quantitative estimate of drug-likeness (QED) is 0.769. The highest BCUT2D eigenvalue weighted by Crippen LogP contribution is 2.41. The van der Waals surface area contributed by atoms with Gasteiger partial charge in [0.05, 0.1) is 14.2 Å². The van der Waals surface area contributed by atoms with E-state index in [9.17, 15) is 0 Å². The van der Waals surface area contributed by atoms with E-state index < -0.39 is 0 Å². The minimum Gasteiger partial charge on any atom is -0.493 e. The number of fused-ring (bicyclic) bond motifs is 1. The van der Waals surface area contributed by atoms with E-state index in [1.807, 2.05) is 11.8 Å². The first-order chi connectivity index (χ1) is 7.24. The third-order valence-corrected chi connectivity index (χ3v) is 3.99. The average Bonchev–Trinajstić information content (AvgIpc) is 2.27. The first-order valence-corrected chi connectivity index (χ1v) is 6.04. The van der Waals surface area contributed by atoms with E-state index in [0.29, 0.717) is 5.25 Å². The summed E-state index contributed by atoms with van der Waals surface area (Å²) in [6.07, 6.45) is 2.39. The molecule has 0 radical (unpaired) electrons. The van der Waals surface area contributed by atoms with E-state index >= 15 is 0 Å². The molecule has 0 bridgehead atoms. The summed E-state index contributed by atoms with van der Waals surface area (Å²) in [7, 11) is 3.37. The molecule has 82 valence electrons. The van der Waals surface area contributed by atoms with Crippen LogP contribution in [0.3, 0.4) is 0 Å². The zero-order valence-electron chi connectivity index (χ0n) is 9.37. The molecule has 1 heterocycles. The Morgan fingerprint density at radius 1 is 1.20 bits per heavy atom. The first-order valence-electron chi connectivity index (χ1n) is 5.16. The number of aryl methyl sites for hydroxylation is 1. The van der Waals surface area contributed by atoms with Gasteiger partial charge in [0.15, 0.2) is 11.5 Å². The summed E-state index contributed by atoms with van der Waals surface area (Å²) in [5.41, 5.74) is 1.38. The minimum absolute atomic E-state index is 0.704. The monoisotopic (exact) mass is 224 g/mol. The Balaban J connectivity index is 2.41. The molecule has 0 saturated heterocycles. The van der Waals surface area contributed by atoms with E-state index in [1.54, 1.807) is 14.2 Å². The van der Waals surface area contributed by atoms with Crippen molar-refractivity contribution in [3.05, 3.63) is 17.7 Å². The van der Waals surface area contributed by atoms with Crippen molar-refractivity contribution in [2.45, 2.75) is 29.9 Å². The van der Waals surface area contributed by atoms with E-state index in [-0.39, 0.29) is 0 Å². The Kier molecular flexibility index (Phi) is 3.10. The van der Waals surface area contributed by atoms with Crippen LogP contribution >= 0.6 is 11.8 Å². The molecule has 0 aromatic heterocycles. The maximum atomic E-state index is 5.30. The van der Waals surface area contributed by atoms with Gasteiger partial charge in [-0.15, -0.1) is 11.8 Å². The molecular formula is C12H16O2S. The highest BCUT2D eigenvalue weighted by atomic mass is 32.2. The fourth-order valence-corrected chi connectivity index (χ4v) is 3.00. The Bertz CT molecular complexity index is 363. The molecule has 1 aliphatic rings. The molecule has 2 nitrogen and oxygen atoms in total. The van der Waals surface area contributed by atoms with Crippen molar-refractivity contribution in [1.82, 2.24) is 0 Å². The topological polar surface area (TPSA) is 18.5 Å². The van der Waals surface area contributed by atoms with Gasteiger partial charge in [0, 0.05) is 10.1 Å². The summed E-state index contributed by atoms with van der Waals surface area (Å²) in [6, 6.07) is 4.20. The van der Waals surface area contributed by atoms with Gasteiger partial charge in [0.25, 0.3) is 0 Å². The second-order valence-electron chi connectivity index (χ2n) is 3.78. The van der Waals surface area contributed by atoms with E-state index in [0.717, 1.165) is 17.9 Å². The lowest BCUT2D eigenvalue weighted by Crippen LogP contribution is -2.07. The van der Waals surface area contributed by atoms with Crippen LogP contribution in [0.1, 0.15) is 18.9 Å². The van der Waals surface area contributed by atoms with Crippen LogP contribution in [0.4, 0.5) is 0 Å². The molecule has 0 fully saturated rings. The third-order valence-electron chi connectivity index (χ3n) is 2.72. The fraction of sp³-hybridized carbons (Fsp3) is 0.500. The summed E-state index contributed by atoms with van der Waals surface area (Å²) in [5, 5.41) is 0.704. The van der Waals surface area contributed by atoms with Crippen LogP contribution in [-0.2, 0) is 6.42 Å². The predicted octanol–water partition coefficient (Wildman–Crippen LogP) is 3.13. The van der Waals surface area contributed by atoms with Crippen molar-refractivity contribution in [2.24, 2.45) is 0 Å². The van der Waals surface area contributed by atoms with Crippen molar-refractivity contribution < 1.29 is 9.47 Å². The fourth-order valence-electron chi connectivity index (χ4n) is 1.84. The molecule has 1 aromatic carbocycles. The van der Waals surface area contributed by atoms with Gasteiger partial charge < -0.3 is 9.47 Å². The number of benzene rings is 1. The van der Waals surface area contributed by atoms with Gasteiger partial charge in [-0.05, 0) is 30.5 Å². The van der Waals surface area contributed by atoms with Crippen LogP contribution < -0.4 is 9.47 Å². The minimum atomic E-state index is 0.704. The molecule has 1 aromatic rings. The molecule has 1 unspecified atom stereocenters.